The molecule has 2 rings (SSSR count). The van der Waals surface area contributed by atoms with Gasteiger partial charge in [0, 0.05) is 43.9 Å². The second-order valence-electron chi connectivity index (χ2n) is 6.47. The highest BCUT2D eigenvalue weighted by molar-refractivity contribution is 6.30. The van der Waals surface area contributed by atoms with Crippen molar-refractivity contribution in [2.45, 2.75) is 25.9 Å². The Kier molecular flexibility index (Phi) is 14.7. The largest absolute Gasteiger partial charge is 0.299 e. The molecule has 1 heterocycles. The predicted octanol–water partition coefficient (Wildman–Crippen LogP) is 5.05. The van der Waals surface area contributed by atoms with Gasteiger partial charge in [0.15, 0.2) is 0 Å². The third-order valence-corrected chi connectivity index (χ3v) is 4.14. The molecule has 1 aromatic heterocycles. The molecule has 6 heteroatoms. The normalized spacial score (nSPS) is 13.1. The zero-order valence-electron chi connectivity index (χ0n) is 19.0. The third kappa shape index (κ3) is 10.3. The fourth-order valence-corrected chi connectivity index (χ4v) is 2.76. The number of nitrogens with zero attached hydrogens (tertiary/aromatic N) is 5. The number of halogens is 1. The first-order valence-corrected chi connectivity index (χ1v) is 10.1. The molecular weight excluding hydrogens is 382 g/mol. The zero-order chi connectivity index (χ0) is 22.2. The van der Waals surface area contributed by atoms with Gasteiger partial charge in [0.05, 0.1) is 12.1 Å². The molecule has 0 aliphatic heterocycles. The second-order valence-corrected chi connectivity index (χ2v) is 6.91. The number of benzene rings is 1. The van der Waals surface area contributed by atoms with Gasteiger partial charge in [0.2, 0.25) is 0 Å². The van der Waals surface area contributed by atoms with E-state index in [1.165, 1.54) is 0 Å². The van der Waals surface area contributed by atoms with E-state index < -0.39 is 0 Å². The summed E-state index contributed by atoms with van der Waals surface area (Å²) in [5.74, 6) is 0. The molecule has 0 saturated heterocycles. The van der Waals surface area contributed by atoms with Crippen LogP contribution in [0.5, 0.6) is 0 Å². The predicted molar refractivity (Wildman–Crippen MR) is 129 cm³/mol. The van der Waals surface area contributed by atoms with Crippen LogP contribution in [-0.4, -0.2) is 69.5 Å². The van der Waals surface area contributed by atoms with Crippen LogP contribution in [0, 0.1) is 0 Å². The zero-order valence-corrected chi connectivity index (χ0v) is 19.8. The molecule has 0 fully saturated rings. The van der Waals surface area contributed by atoms with Crippen LogP contribution in [0.4, 0.5) is 0 Å². The first-order chi connectivity index (χ1) is 13.9. The summed E-state index contributed by atoms with van der Waals surface area (Å²) in [6, 6.07) is 12.3. The molecule has 0 saturated carbocycles. The molecule has 160 valence electrons. The van der Waals surface area contributed by atoms with Gasteiger partial charge in [-0.15, -0.1) is 0 Å². The van der Waals surface area contributed by atoms with Gasteiger partial charge in [-0.25, -0.2) is 0 Å². The van der Waals surface area contributed by atoms with Gasteiger partial charge in [-0.1, -0.05) is 43.6 Å². The van der Waals surface area contributed by atoms with E-state index in [4.69, 9.17) is 11.6 Å². The Morgan fingerprint density at radius 2 is 1.38 bits per heavy atom. The smallest absolute Gasteiger partial charge is 0.0711 e. The molecule has 2 atom stereocenters. The van der Waals surface area contributed by atoms with Crippen molar-refractivity contribution in [3.8, 4) is 0 Å². The first-order valence-electron chi connectivity index (χ1n) is 9.73. The van der Waals surface area contributed by atoms with Crippen molar-refractivity contribution < 1.29 is 0 Å². The fraction of sp³-hybridized carbons (Fsp3) is 0.435. The molecular formula is C23H36ClN5. The Bertz CT molecular complexity index is 714. The van der Waals surface area contributed by atoms with Crippen LogP contribution in [-0.2, 0) is 0 Å². The summed E-state index contributed by atoms with van der Waals surface area (Å²) in [6.07, 6.45) is 7.47. The average molecular weight is 418 g/mol. The molecule has 0 spiro atoms. The van der Waals surface area contributed by atoms with Crippen LogP contribution in [0.3, 0.4) is 0 Å². The Morgan fingerprint density at radius 1 is 0.862 bits per heavy atom. The number of rotatable bonds is 6. The number of aliphatic imine (C=N–C) groups is 2. The maximum absolute atomic E-state index is 5.93. The van der Waals surface area contributed by atoms with E-state index in [1.807, 2.05) is 84.9 Å². The van der Waals surface area contributed by atoms with E-state index in [0.29, 0.717) is 0 Å². The van der Waals surface area contributed by atoms with Gasteiger partial charge in [0.1, 0.15) is 0 Å². The lowest BCUT2D eigenvalue weighted by Gasteiger charge is -2.20. The third-order valence-electron chi connectivity index (χ3n) is 3.91. The van der Waals surface area contributed by atoms with E-state index in [0.717, 1.165) is 16.1 Å². The van der Waals surface area contributed by atoms with Crippen LogP contribution in [0.2, 0.25) is 5.02 Å². The van der Waals surface area contributed by atoms with Crippen LogP contribution in [0.15, 0.2) is 58.8 Å². The standard InChI is InChI=1S/C11H15ClN2.C10H15N3.C2H6/c1-13-8-11(14(2)3)9-5-4-6-10(12)7-9;1-11-8-10(13(2)3)9-5-4-6-12-7-9;1-2/h4-8,11H,1-3H3;4-8,10H,1-3H3;1-2H3. The number of hydrogen-bond acceptors (Lipinski definition) is 5. The quantitative estimate of drug-likeness (QED) is 0.617. The Hall–Kier alpha value is -2.08. The summed E-state index contributed by atoms with van der Waals surface area (Å²) in [4.78, 5) is 16.4. The molecule has 0 aliphatic carbocycles. The lowest BCUT2D eigenvalue weighted by atomic mass is 10.1. The minimum atomic E-state index is 0.193. The number of hydrogen-bond donors (Lipinski definition) is 0. The van der Waals surface area contributed by atoms with Crippen LogP contribution in [0.25, 0.3) is 0 Å². The van der Waals surface area contributed by atoms with E-state index in [-0.39, 0.29) is 12.1 Å². The van der Waals surface area contributed by atoms with Crippen LogP contribution < -0.4 is 0 Å². The highest BCUT2D eigenvalue weighted by Crippen LogP contribution is 2.19. The van der Waals surface area contributed by atoms with Crippen molar-refractivity contribution in [2.24, 2.45) is 9.98 Å². The Morgan fingerprint density at radius 3 is 1.79 bits per heavy atom. The van der Waals surface area contributed by atoms with E-state index in [2.05, 4.69) is 36.9 Å². The van der Waals surface area contributed by atoms with Gasteiger partial charge < -0.3 is 0 Å². The SMILES string of the molecule is CC.CN=CC(c1cccc(Cl)c1)N(C)C.CN=CC(c1cccnc1)N(C)C. The topological polar surface area (TPSA) is 44.1 Å². The summed E-state index contributed by atoms with van der Waals surface area (Å²) < 4.78 is 0. The van der Waals surface area contributed by atoms with E-state index >= 15 is 0 Å². The minimum absolute atomic E-state index is 0.193. The van der Waals surface area contributed by atoms with Crippen molar-refractivity contribution >= 4 is 24.0 Å². The second kappa shape index (κ2) is 15.8. The Balaban J connectivity index is 0.000000499. The summed E-state index contributed by atoms with van der Waals surface area (Å²) in [5.41, 5.74) is 2.33. The van der Waals surface area contributed by atoms with Crippen LogP contribution in [0.1, 0.15) is 37.1 Å². The fourth-order valence-electron chi connectivity index (χ4n) is 2.56. The summed E-state index contributed by atoms with van der Waals surface area (Å²) >= 11 is 5.93. The highest BCUT2D eigenvalue weighted by Gasteiger charge is 2.11. The summed E-state index contributed by atoms with van der Waals surface area (Å²) in [7, 11) is 11.7. The van der Waals surface area contributed by atoms with Gasteiger partial charge in [0.25, 0.3) is 0 Å². The lowest BCUT2D eigenvalue weighted by Crippen LogP contribution is -2.21. The maximum atomic E-state index is 5.93. The first kappa shape index (κ1) is 26.9. The molecule has 0 N–H and O–H groups in total. The van der Waals surface area contributed by atoms with Gasteiger partial charge in [-0.05, 0) is 57.5 Å². The molecule has 0 bridgehead atoms. The van der Waals surface area contributed by atoms with Crippen molar-refractivity contribution in [1.82, 2.24) is 14.8 Å². The van der Waals surface area contributed by atoms with Crippen molar-refractivity contribution in [2.75, 3.05) is 42.3 Å². The van der Waals surface area contributed by atoms with Gasteiger partial charge in [-0.3, -0.25) is 24.8 Å². The van der Waals surface area contributed by atoms with Crippen LogP contribution >= 0.6 is 11.6 Å². The van der Waals surface area contributed by atoms with E-state index in [1.54, 1.807) is 20.3 Å². The molecule has 2 aromatic rings. The maximum Gasteiger partial charge on any atom is 0.0711 e. The highest BCUT2D eigenvalue weighted by atomic mass is 35.5. The molecule has 0 amide bonds. The number of aromatic nitrogens is 1. The van der Waals surface area contributed by atoms with Crippen molar-refractivity contribution in [3.63, 3.8) is 0 Å². The lowest BCUT2D eigenvalue weighted by molar-refractivity contribution is 0.374. The van der Waals surface area contributed by atoms with Crippen molar-refractivity contribution in [3.05, 3.63) is 64.9 Å². The molecule has 29 heavy (non-hydrogen) atoms. The monoisotopic (exact) mass is 417 g/mol. The molecule has 2 unspecified atom stereocenters. The van der Waals surface area contributed by atoms with Crippen molar-refractivity contribution in [1.29, 1.82) is 0 Å². The van der Waals surface area contributed by atoms with E-state index in [9.17, 15) is 0 Å². The number of pyridine rings is 1. The van der Waals surface area contributed by atoms with Gasteiger partial charge >= 0.3 is 0 Å². The van der Waals surface area contributed by atoms with Gasteiger partial charge in [-0.2, -0.15) is 0 Å². The average Bonchev–Trinajstić information content (AvgIpc) is 2.72. The molecule has 0 radical (unpaired) electrons. The molecule has 1 aromatic carbocycles. The Labute approximate surface area is 182 Å². The molecule has 5 nitrogen and oxygen atoms in total. The molecule has 0 aliphatic rings. The summed E-state index contributed by atoms with van der Waals surface area (Å²) in [5, 5.41) is 0.763. The minimum Gasteiger partial charge on any atom is -0.299 e. The summed E-state index contributed by atoms with van der Waals surface area (Å²) in [6.45, 7) is 4.00.